The number of nitriles is 1. The molecule has 10 nitrogen and oxygen atoms in total. The Labute approximate surface area is 265 Å². The van der Waals surface area contributed by atoms with E-state index in [2.05, 4.69) is 65.8 Å². The number of aromatic nitrogens is 2. The highest BCUT2D eigenvalue weighted by atomic mass is 35.5. The van der Waals surface area contributed by atoms with Gasteiger partial charge in [-0.15, -0.1) is 0 Å². The van der Waals surface area contributed by atoms with Gasteiger partial charge in [0.05, 0.1) is 35.0 Å². The Morgan fingerprint density at radius 3 is 2.34 bits per heavy atom. The van der Waals surface area contributed by atoms with Gasteiger partial charge >= 0.3 is 0 Å². The van der Waals surface area contributed by atoms with E-state index in [1.54, 1.807) is 30.6 Å². The molecule has 238 valence electrons. The summed E-state index contributed by atoms with van der Waals surface area (Å²) in [5.41, 5.74) is 0.0994. The standard InChI is InChI=1S/C33H45ClN6O4/c1-21(39-12-8-24(41)9-13-39)20-43-25-10-14-40(15-11-25)31-36-18-23(19-37-31)28(42)38-29-32(2,3)30(33(29,4)5)44-26-7-6-22(17-35)27(34)16-26/h6-7,16,18-19,21,24-25,29-30,41H,8-15,20H2,1-5H3,(H,38,42). The maximum Gasteiger partial charge on any atom is 0.254 e. The molecule has 1 saturated carbocycles. The molecule has 1 atom stereocenters. The fraction of sp³-hybridized carbons (Fsp3) is 0.636. The predicted molar refractivity (Wildman–Crippen MR) is 169 cm³/mol. The number of nitrogens with zero attached hydrogens (tertiary/aromatic N) is 5. The normalized spacial score (nSPS) is 24.6. The first-order valence-electron chi connectivity index (χ1n) is 15.7. The largest absolute Gasteiger partial charge is 0.489 e. The van der Waals surface area contributed by atoms with Crippen LogP contribution in [0, 0.1) is 22.2 Å². The molecule has 1 aromatic heterocycles. The molecule has 0 bridgehead atoms. The van der Waals surface area contributed by atoms with Gasteiger partial charge in [0.15, 0.2) is 0 Å². The molecule has 3 aliphatic rings. The Bertz CT molecular complexity index is 1330. The first kappa shape index (κ1) is 32.4. The van der Waals surface area contributed by atoms with E-state index < -0.39 is 0 Å². The monoisotopic (exact) mass is 624 g/mol. The molecule has 5 rings (SSSR count). The summed E-state index contributed by atoms with van der Waals surface area (Å²) in [6.45, 7) is 14.7. The Morgan fingerprint density at radius 2 is 1.75 bits per heavy atom. The highest BCUT2D eigenvalue weighted by Gasteiger charge is 2.64. The number of nitrogens with one attached hydrogen (secondary N) is 1. The summed E-state index contributed by atoms with van der Waals surface area (Å²) in [7, 11) is 0. The topological polar surface area (TPSA) is 124 Å². The van der Waals surface area contributed by atoms with E-state index >= 15 is 0 Å². The molecule has 0 radical (unpaired) electrons. The number of hydrogen-bond acceptors (Lipinski definition) is 9. The fourth-order valence-corrected chi connectivity index (χ4v) is 7.55. The van der Waals surface area contributed by atoms with Gasteiger partial charge in [0.1, 0.15) is 17.9 Å². The molecule has 3 heterocycles. The maximum absolute atomic E-state index is 13.3. The molecule has 1 amide bonds. The van der Waals surface area contributed by atoms with Crippen LogP contribution in [-0.4, -0.2) is 89.1 Å². The van der Waals surface area contributed by atoms with E-state index in [1.807, 2.05) is 0 Å². The fourth-order valence-electron chi connectivity index (χ4n) is 7.34. The number of carbonyl (C=O) groups is 1. The number of piperidine rings is 2. The van der Waals surface area contributed by atoms with E-state index in [-0.39, 0.29) is 41.1 Å². The highest BCUT2D eigenvalue weighted by molar-refractivity contribution is 6.31. The third-order valence-corrected chi connectivity index (χ3v) is 10.1. The number of aliphatic hydroxyl groups is 1. The molecule has 1 unspecified atom stereocenters. The second-order valence-electron chi connectivity index (χ2n) is 13.7. The van der Waals surface area contributed by atoms with Gasteiger partial charge in [-0.3, -0.25) is 9.69 Å². The average molecular weight is 625 g/mol. The number of halogens is 1. The summed E-state index contributed by atoms with van der Waals surface area (Å²) < 4.78 is 12.6. The van der Waals surface area contributed by atoms with Crippen molar-refractivity contribution < 1.29 is 19.4 Å². The lowest BCUT2D eigenvalue weighted by Crippen LogP contribution is -2.74. The number of hydrogen-bond donors (Lipinski definition) is 2. The van der Waals surface area contributed by atoms with Crippen molar-refractivity contribution in [3.63, 3.8) is 0 Å². The average Bonchev–Trinajstić information content (AvgIpc) is 3.01. The molecule has 2 aliphatic heterocycles. The number of likely N-dealkylation sites (tertiary alicyclic amines) is 1. The number of aliphatic hydroxyl groups excluding tert-OH is 1. The van der Waals surface area contributed by atoms with Gasteiger partial charge in [-0.05, 0) is 44.7 Å². The molecule has 2 saturated heterocycles. The Hall–Kier alpha value is -2.97. The summed E-state index contributed by atoms with van der Waals surface area (Å²) in [5, 5.41) is 22.5. The van der Waals surface area contributed by atoms with Crippen LogP contribution in [0.4, 0.5) is 5.95 Å². The Kier molecular flexibility index (Phi) is 9.71. The summed E-state index contributed by atoms with van der Waals surface area (Å²) in [5.74, 6) is 1.00. The van der Waals surface area contributed by atoms with Crippen molar-refractivity contribution in [1.29, 1.82) is 5.26 Å². The minimum atomic E-state index is -0.360. The van der Waals surface area contributed by atoms with Crippen LogP contribution in [0.1, 0.15) is 76.2 Å². The molecule has 2 N–H and O–H groups in total. The summed E-state index contributed by atoms with van der Waals surface area (Å²) in [4.78, 5) is 26.9. The van der Waals surface area contributed by atoms with Gasteiger partial charge in [0.25, 0.3) is 5.91 Å². The number of benzene rings is 1. The number of ether oxygens (including phenoxy) is 2. The summed E-state index contributed by atoms with van der Waals surface area (Å²) in [6.07, 6.45) is 6.56. The lowest BCUT2D eigenvalue weighted by atomic mass is 9.49. The molecule has 0 spiro atoms. The van der Waals surface area contributed by atoms with Gasteiger partial charge in [0.2, 0.25) is 5.95 Å². The van der Waals surface area contributed by atoms with E-state index in [0.29, 0.717) is 40.5 Å². The zero-order chi connectivity index (χ0) is 31.6. The van der Waals surface area contributed by atoms with E-state index in [0.717, 1.165) is 51.9 Å². The number of rotatable bonds is 9. The van der Waals surface area contributed by atoms with Crippen LogP contribution in [0.25, 0.3) is 0 Å². The highest BCUT2D eigenvalue weighted by Crippen LogP contribution is 2.55. The second kappa shape index (κ2) is 13.2. The second-order valence-corrected chi connectivity index (χ2v) is 14.1. The van der Waals surface area contributed by atoms with Crippen molar-refractivity contribution >= 4 is 23.5 Å². The third-order valence-electron chi connectivity index (χ3n) is 9.75. The molecule has 44 heavy (non-hydrogen) atoms. The lowest BCUT2D eigenvalue weighted by molar-refractivity contribution is -0.164. The van der Waals surface area contributed by atoms with Crippen LogP contribution in [0.15, 0.2) is 30.6 Å². The van der Waals surface area contributed by atoms with E-state index in [9.17, 15) is 9.90 Å². The molecule has 1 aromatic carbocycles. The van der Waals surface area contributed by atoms with Crippen molar-refractivity contribution in [3.05, 3.63) is 46.7 Å². The van der Waals surface area contributed by atoms with Crippen molar-refractivity contribution in [1.82, 2.24) is 20.2 Å². The van der Waals surface area contributed by atoms with Crippen LogP contribution in [-0.2, 0) is 4.74 Å². The van der Waals surface area contributed by atoms with Crippen LogP contribution in [0.5, 0.6) is 5.75 Å². The molecular formula is C33H45ClN6O4. The van der Waals surface area contributed by atoms with Crippen molar-refractivity contribution in [3.8, 4) is 11.8 Å². The van der Waals surface area contributed by atoms with E-state index in [1.165, 1.54) is 0 Å². The zero-order valence-corrected chi connectivity index (χ0v) is 27.2. The Morgan fingerprint density at radius 1 is 1.11 bits per heavy atom. The van der Waals surface area contributed by atoms with Crippen LogP contribution in [0.3, 0.4) is 0 Å². The van der Waals surface area contributed by atoms with E-state index in [4.69, 9.17) is 26.3 Å². The number of amides is 1. The number of anilines is 1. The zero-order valence-electron chi connectivity index (χ0n) is 26.4. The maximum atomic E-state index is 13.3. The smallest absolute Gasteiger partial charge is 0.254 e. The minimum Gasteiger partial charge on any atom is -0.489 e. The van der Waals surface area contributed by atoms with Crippen molar-refractivity contribution in [2.45, 2.75) is 90.7 Å². The predicted octanol–water partition coefficient (Wildman–Crippen LogP) is 4.44. The van der Waals surface area contributed by atoms with Crippen LogP contribution in [0.2, 0.25) is 5.02 Å². The Balaban J connectivity index is 1.10. The van der Waals surface area contributed by atoms with Gasteiger partial charge in [-0.25, -0.2) is 9.97 Å². The summed E-state index contributed by atoms with van der Waals surface area (Å²) >= 11 is 6.21. The molecule has 3 fully saturated rings. The van der Waals surface area contributed by atoms with Crippen LogP contribution >= 0.6 is 11.6 Å². The molecule has 1 aliphatic carbocycles. The van der Waals surface area contributed by atoms with Gasteiger partial charge < -0.3 is 24.8 Å². The molecule has 11 heteroatoms. The quantitative estimate of drug-likeness (QED) is 0.417. The third kappa shape index (κ3) is 6.81. The molecular weight excluding hydrogens is 580 g/mol. The first-order valence-corrected chi connectivity index (χ1v) is 16.1. The van der Waals surface area contributed by atoms with Crippen LogP contribution < -0.4 is 15.0 Å². The van der Waals surface area contributed by atoms with Gasteiger partial charge in [0, 0.05) is 67.6 Å². The number of carbonyl (C=O) groups excluding carboxylic acids is 1. The van der Waals surface area contributed by atoms with Crippen molar-refractivity contribution in [2.24, 2.45) is 10.8 Å². The lowest BCUT2D eigenvalue weighted by Gasteiger charge is -2.63. The first-order chi connectivity index (χ1) is 20.9. The van der Waals surface area contributed by atoms with Gasteiger partial charge in [-0.1, -0.05) is 39.3 Å². The van der Waals surface area contributed by atoms with Crippen molar-refractivity contribution in [2.75, 3.05) is 37.7 Å². The summed E-state index contributed by atoms with van der Waals surface area (Å²) in [6, 6.07) is 7.33. The SMILES string of the molecule is CC(COC1CCN(c2ncc(C(=O)NC3C(C)(C)C(Oc4ccc(C#N)c(Cl)c4)C3(C)C)cn2)CC1)N1CCC(O)CC1. The molecule has 2 aromatic rings. The minimum absolute atomic E-state index is 0.149. The van der Waals surface area contributed by atoms with Gasteiger partial charge in [-0.2, -0.15) is 5.26 Å².